The molecule has 0 aromatic heterocycles. The predicted molar refractivity (Wildman–Crippen MR) is 38.7 cm³/mol. The third-order valence-electron chi connectivity index (χ3n) is 0.999. The molecular weight excluding hydrogens is 175 g/mol. The third kappa shape index (κ3) is 1.78. The van der Waals surface area contributed by atoms with Gasteiger partial charge in [-0.2, -0.15) is 0 Å². The van der Waals surface area contributed by atoms with Crippen molar-refractivity contribution in [2.45, 2.75) is 4.90 Å². The molecule has 1 aromatic rings. The Labute approximate surface area is 64.8 Å². The van der Waals surface area contributed by atoms with E-state index in [1.165, 1.54) is 24.3 Å². The molecule has 0 saturated carbocycles. The Kier molecular flexibility index (Phi) is 2.40. The van der Waals surface area contributed by atoms with E-state index >= 15 is 0 Å². The van der Waals surface area contributed by atoms with Crippen LogP contribution in [0.15, 0.2) is 29.2 Å². The highest BCUT2D eigenvalue weighted by molar-refractivity contribution is 8.08. The number of halogens is 2. The number of hydrogen-bond donors (Lipinski definition) is 0. The molecule has 1 atom stereocenters. The summed E-state index contributed by atoms with van der Waals surface area (Å²) >= 11 is 0. The fourth-order valence-electron chi connectivity index (χ4n) is 0.542. The van der Waals surface area contributed by atoms with Gasteiger partial charge in [-0.1, -0.05) is 0 Å². The Morgan fingerprint density at radius 1 is 1.30 bits per heavy atom. The maximum absolute atomic E-state index is 12.2. The minimum absolute atomic E-state index is 0.356. The van der Waals surface area contributed by atoms with Gasteiger partial charge in [0.2, 0.25) is 0 Å². The molecule has 0 heterocycles. The molecule has 0 bridgehead atoms. The zero-order valence-corrected chi connectivity index (χ0v) is 6.45. The first-order valence-corrected chi connectivity index (χ1v) is 4.51. The molecule has 10 heavy (non-hydrogen) atoms. The molecule has 1 aromatic carbocycles. The van der Waals surface area contributed by atoms with Crippen LogP contribution in [-0.4, -0.2) is 4.21 Å². The second-order valence-corrected chi connectivity index (χ2v) is 3.44. The summed E-state index contributed by atoms with van der Waals surface area (Å²) in [6.07, 6.45) is 0. The lowest BCUT2D eigenvalue weighted by molar-refractivity contribution is 0.626. The van der Waals surface area contributed by atoms with Crippen LogP contribution in [0.5, 0.6) is 0 Å². The van der Waals surface area contributed by atoms with Crippen molar-refractivity contribution in [1.82, 2.24) is 0 Å². The average Bonchev–Trinajstić information content (AvgIpc) is 1.88. The second-order valence-electron chi connectivity index (χ2n) is 1.68. The highest BCUT2D eigenvalue weighted by atomic mass is 35.7. The van der Waals surface area contributed by atoms with E-state index in [2.05, 4.69) is 0 Å². The van der Waals surface area contributed by atoms with Gasteiger partial charge in [0.05, 0.1) is 4.90 Å². The van der Waals surface area contributed by atoms with Crippen molar-refractivity contribution in [3.8, 4) is 0 Å². The summed E-state index contributed by atoms with van der Waals surface area (Å²) in [5.74, 6) is -0.356. The Morgan fingerprint density at radius 2 is 1.80 bits per heavy atom. The minimum atomic E-state index is -1.53. The normalized spacial score (nSPS) is 13.0. The van der Waals surface area contributed by atoms with Crippen molar-refractivity contribution in [1.29, 1.82) is 0 Å². The monoisotopic (exact) mass is 178 g/mol. The first kappa shape index (κ1) is 7.69. The summed E-state index contributed by atoms with van der Waals surface area (Å²) in [6.45, 7) is 0. The van der Waals surface area contributed by atoms with E-state index in [0.717, 1.165) is 0 Å². The van der Waals surface area contributed by atoms with E-state index in [1.54, 1.807) is 0 Å². The highest BCUT2D eigenvalue weighted by Crippen LogP contribution is 2.09. The van der Waals surface area contributed by atoms with Gasteiger partial charge in [-0.25, -0.2) is 8.60 Å². The molecule has 0 fully saturated rings. The van der Waals surface area contributed by atoms with E-state index in [9.17, 15) is 8.60 Å². The van der Waals surface area contributed by atoms with E-state index < -0.39 is 10.0 Å². The smallest absolute Gasteiger partial charge is 0.147 e. The maximum Gasteiger partial charge on any atom is 0.147 e. The topological polar surface area (TPSA) is 17.1 Å². The quantitative estimate of drug-likeness (QED) is 0.602. The molecule has 0 aliphatic carbocycles. The third-order valence-corrected chi connectivity index (χ3v) is 2.18. The van der Waals surface area contributed by atoms with Crippen LogP contribution >= 0.6 is 10.7 Å². The van der Waals surface area contributed by atoms with Gasteiger partial charge in [-0.15, -0.1) is 0 Å². The van der Waals surface area contributed by atoms with Gasteiger partial charge < -0.3 is 0 Å². The Balaban J connectivity index is 3.00. The molecule has 54 valence electrons. The van der Waals surface area contributed by atoms with Crippen LogP contribution < -0.4 is 0 Å². The first-order chi connectivity index (χ1) is 4.70. The van der Waals surface area contributed by atoms with Crippen molar-refractivity contribution < 1.29 is 8.60 Å². The van der Waals surface area contributed by atoms with Crippen molar-refractivity contribution in [3.05, 3.63) is 30.1 Å². The van der Waals surface area contributed by atoms with E-state index in [-0.39, 0.29) is 5.82 Å². The van der Waals surface area contributed by atoms with Gasteiger partial charge in [-0.3, -0.25) is 0 Å². The molecule has 0 saturated heterocycles. The molecule has 1 nitrogen and oxygen atoms in total. The van der Waals surface area contributed by atoms with E-state index in [4.69, 9.17) is 10.7 Å². The van der Waals surface area contributed by atoms with Crippen LogP contribution in [-0.2, 0) is 10.0 Å². The van der Waals surface area contributed by atoms with Crippen LogP contribution in [0, 0.1) is 5.82 Å². The van der Waals surface area contributed by atoms with Crippen molar-refractivity contribution >= 4 is 20.7 Å². The molecule has 0 unspecified atom stereocenters. The summed E-state index contributed by atoms with van der Waals surface area (Å²) in [7, 11) is 3.67. The lowest BCUT2D eigenvalue weighted by Crippen LogP contribution is -1.80. The molecule has 0 amide bonds. The molecule has 0 N–H and O–H groups in total. The molecule has 1 rings (SSSR count). The van der Waals surface area contributed by atoms with Gasteiger partial charge in [0.15, 0.2) is 0 Å². The summed E-state index contributed by atoms with van der Waals surface area (Å²) in [5.41, 5.74) is 0. The standard InChI is InChI=1S/C6H4ClFOS/c7-10(9)6-3-1-5(8)2-4-6/h1-4H/t10-/m1/s1. The number of hydrogen-bond acceptors (Lipinski definition) is 1. The highest BCUT2D eigenvalue weighted by Gasteiger charge is 1.97. The average molecular weight is 179 g/mol. The largest absolute Gasteiger partial charge is 0.237 e. The van der Waals surface area contributed by atoms with Crippen molar-refractivity contribution in [2.24, 2.45) is 0 Å². The fourth-order valence-corrected chi connectivity index (χ4v) is 1.20. The van der Waals surface area contributed by atoms with Gasteiger partial charge >= 0.3 is 0 Å². The Hall–Kier alpha value is -0.410. The van der Waals surface area contributed by atoms with Crippen LogP contribution in [0.25, 0.3) is 0 Å². The maximum atomic E-state index is 12.2. The van der Waals surface area contributed by atoms with Crippen LogP contribution in [0.1, 0.15) is 0 Å². The van der Waals surface area contributed by atoms with E-state index in [0.29, 0.717) is 4.90 Å². The minimum Gasteiger partial charge on any atom is -0.237 e. The first-order valence-electron chi connectivity index (χ1n) is 2.54. The molecular formula is C6H4ClFOS. The van der Waals surface area contributed by atoms with Gasteiger partial charge in [0.1, 0.15) is 15.8 Å². The van der Waals surface area contributed by atoms with Gasteiger partial charge in [0, 0.05) is 0 Å². The molecule has 0 aliphatic rings. The molecule has 4 heteroatoms. The molecule has 0 radical (unpaired) electrons. The van der Waals surface area contributed by atoms with Gasteiger partial charge in [0.25, 0.3) is 0 Å². The van der Waals surface area contributed by atoms with Crippen LogP contribution in [0.3, 0.4) is 0 Å². The summed E-state index contributed by atoms with van der Waals surface area (Å²) < 4.78 is 22.7. The summed E-state index contributed by atoms with van der Waals surface area (Å²) in [4.78, 5) is 0.420. The summed E-state index contributed by atoms with van der Waals surface area (Å²) in [5, 5.41) is 0. The zero-order chi connectivity index (χ0) is 7.56. The van der Waals surface area contributed by atoms with Crippen LogP contribution in [0.4, 0.5) is 4.39 Å². The molecule has 0 spiro atoms. The van der Waals surface area contributed by atoms with E-state index in [1.807, 2.05) is 0 Å². The Bertz CT molecular complexity index is 246. The lowest BCUT2D eigenvalue weighted by atomic mass is 10.4. The Morgan fingerprint density at radius 3 is 2.20 bits per heavy atom. The van der Waals surface area contributed by atoms with Crippen LogP contribution in [0.2, 0.25) is 0 Å². The SMILES string of the molecule is O=[S@@](Cl)c1ccc(F)cc1. The van der Waals surface area contributed by atoms with Crippen molar-refractivity contribution in [2.75, 3.05) is 0 Å². The van der Waals surface area contributed by atoms with Crippen molar-refractivity contribution in [3.63, 3.8) is 0 Å². The lowest BCUT2D eigenvalue weighted by Gasteiger charge is -1.90. The number of rotatable bonds is 1. The number of benzene rings is 1. The fraction of sp³-hybridized carbons (Fsp3) is 0. The zero-order valence-electron chi connectivity index (χ0n) is 4.88. The second kappa shape index (κ2) is 3.12. The predicted octanol–water partition coefficient (Wildman–Crippen LogP) is 2.09. The van der Waals surface area contributed by atoms with Gasteiger partial charge in [-0.05, 0) is 34.9 Å². The summed E-state index contributed by atoms with van der Waals surface area (Å²) in [6, 6.07) is 5.21. The molecule has 0 aliphatic heterocycles.